The summed E-state index contributed by atoms with van der Waals surface area (Å²) in [5.74, 6) is 0.508. The Morgan fingerprint density at radius 3 is 2.17 bits per heavy atom. The van der Waals surface area contributed by atoms with Crippen molar-refractivity contribution in [2.24, 2.45) is 0 Å². The average Bonchev–Trinajstić information content (AvgIpc) is 2.64. The molecule has 5 nitrogen and oxygen atoms in total. The maximum atomic E-state index is 11.8. The molecule has 0 spiro atoms. The van der Waals surface area contributed by atoms with Crippen molar-refractivity contribution in [2.75, 3.05) is 0 Å². The van der Waals surface area contributed by atoms with Gasteiger partial charge >= 0.3 is 29.6 Å². The van der Waals surface area contributed by atoms with E-state index < -0.39 is 10.1 Å². The first-order valence-electron chi connectivity index (χ1n) is 9.96. The van der Waals surface area contributed by atoms with Crippen molar-refractivity contribution in [3.8, 4) is 17.2 Å². The molecule has 0 unspecified atom stereocenters. The Labute approximate surface area is 196 Å². The normalized spacial score (nSPS) is 11.1. The first-order valence-corrected chi connectivity index (χ1v) is 11.4. The summed E-state index contributed by atoms with van der Waals surface area (Å²) >= 11 is 0. The van der Waals surface area contributed by atoms with Gasteiger partial charge in [0.15, 0.2) is 0 Å². The van der Waals surface area contributed by atoms with E-state index in [9.17, 15) is 18.1 Å². The maximum absolute atomic E-state index is 11.8. The van der Waals surface area contributed by atoms with Crippen molar-refractivity contribution in [3.05, 3.63) is 48.0 Å². The fraction of sp³-hybridized carbons (Fsp3) is 0.455. The van der Waals surface area contributed by atoms with Gasteiger partial charge in [0.25, 0.3) is 10.1 Å². The Morgan fingerprint density at radius 2 is 1.55 bits per heavy atom. The number of unbranched alkanes of at least 4 members (excludes halogenated alkanes) is 7. The van der Waals surface area contributed by atoms with Crippen LogP contribution in [0.1, 0.15) is 63.9 Å². The number of hydrogen-bond donors (Lipinski definition) is 1. The van der Waals surface area contributed by atoms with E-state index in [1.54, 1.807) is 18.2 Å². The summed E-state index contributed by atoms with van der Waals surface area (Å²) in [6.07, 6.45) is 9.55. The molecule has 2 aromatic carbocycles. The van der Waals surface area contributed by atoms with E-state index in [1.165, 1.54) is 56.4 Å². The molecule has 2 rings (SSSR count). The second-order valence-corrected chi connectivity index (χ2v) is 8.40. The molecule has 0 saturated heterocycles. The molecular formula is C22H29NaO5S. The van der Waals surface area contributed by atoms with Crippen LogP contribution < -0.4 is 39.4 Å². The second kappa shape index (κ2) is 13.3. The summed E-state index contributed by atoms with van der Waals surface area (Å²) in [5.41, 5.74) is 0.451. The van der Waals surface area contributed by atoms with E-state index in [4.69, 9.17) is 4.74 Å². The van der Waals surface area contributed by atoms with Crippen LogP contribution in [0.3, 0.4) is 0 Å². The predicted octanol–water partition coefficient (Wildman–Crippen LogP) is 2.49. The molecule has 0 bridgehead atoms. The molecule has 0 aliphatic carbocycles. The Hall–Kier alpha value is -1.05. The van der Waals surface area contributed by atoms with E-state index in [0.29, 0.717) is 23.5 Å². The topological polar surface area (TPSA) is 86.7 Å². The van der Waals surface area contributed by atoms with Crippen LogP contribution in [-0.4, -0.2) is 13.0 Å². The predicted molar refractivity (Wildman–Crippen MR) is 109 cm³/mol. The number of hydrogen-bond acceptors (Lipinski definition) is 4. The molecule has 7 heteroatoms. The summed E-state index contributed by atoms with van der Waals surface area (Å²) in [6.45, 7) is 2.19. The smallest absolute Gasteiger partial charge is 0.872 e. The van der Waals surface area contributed by atoms with E-state index in [1.807, 2.05) is 0 Å². The van der Waals surface area contributed by atoms with Gasteiger partial charge in [-0.1, -0.05) is 70.1 Å². The fourth-order valence-electron chi connectivity index (χ4n) is 3.23. The van der Waals surface area contributed by atoms with Crippen LogP contribution in [-0.2, 0) is 16.5 Å². The molecule has 29 heavy (non-hydrogen) atoms. The zero-order valence-corrected chi connectivity index (χ0v) is 20.2. The molecule has 0 aromatic heterocycles. The summed E-state index contributed by atoms with van der Waals surface area (Å²) in [5, 5.41) is 11.5. The molecule has 0 amide bonds. The van der Waals surface area contributed by atoms with Gasteiger partial charge in [-0.2, -0.15) is 8.42 Å². The molecule has 0 radical (unpaired) electrons. The molecule has 154 valence electrons. The molecular weight excluding hydrogens is 399 g/mol. The Kier molecular flexibility index (Phi) is 11.9. The molecule has 0 aliphatic rings. The zero-order chi connectivity index (χ0) is 20.4. The number of benzene rings is 2. The SMILES string of the molecule is CCCCCCCCCCc1c(Oc2cccc([O-])c2)cccc1S(=O)(=O)O.[Na+]. The van der Waals surface area contributed by atoms with Crippen LogP contribution in [0.2, 0.25) is 0 Å². The van der Waals surface area contributed by atoms with Crippen molar-refractivity contribution in [1.82, 2.24) is 0 Å². The summed E-state index contributed by atoms with van der Waals surface area (Å²) < 4.78 is 39.0. The zero-order valence-electron chi connectivity index (χ0n) is 17.4. The van der Waals surface area contributed by atoms with Gasteiger partial charge in [0.2, 0.25) is 0 Å². The van der Waals surface area contributed by atoms with Crippen molar-refractivity contribution >= 4 is 10.1 Å². The van der Waals surface area contributed by atoms with Crippen LogP contribution in [0.5, 0.6) is 17.2 Å². The van der Waals surface area contributed by atoms with Gasteiger partial charge in [-0.25, -0.2) is 0 Å². The van der Waals surface area contributed by atoms with Gasteiger partial charge in [-0.05, 0) is 37.1 Å². The van der Waals surface area contributed by atoms with Crippen LogP contribution in [0, 0.1) is 0 Å². The van der Waals surface area contributed by atoms with Crippen LogP contribution in [0.4, 0.5) is 0 Å². The minimum Gasteiger partial charge on any atom is -0.872 e. The van der Waals surface area contributed by atoms with Gasteiger partial charge in [0, 0.05) is 5.56 Å². The van der Waals surface area contributed by atoms with E-state index in [0.717, 1.165) is 19.3 Å². The maximum Gasteiger partial charge on any atom is 1.00 e. The third-order valence-corrected chi connectivity index (χ3v) is 5.62. The summed E-state index contributed by atoms with van der Waals surface area (Å²) in [7, 11) is -4.36. The van der Waals surface area contributed by atoms with Gasteiger partial charge < -0.3 is 9.84 Å². The molecule has 0 fully saturated rings. The number of ether oxygens (including phenoxy) is 1. The molecule has 0 aliphatic heterocycles. The Morgan fingerprint density at radius 1 is 0.931 bits per heavy atom. The van der Waals surface area contributed by atoms with E-state index >= 15 is 0 Å². The molecule has 0 heterocycles. The van der Waals surface area contributed by atoms with Crippen molar-refractivity contribution < 1.29 is 52.4 Å². The molecule has 0 saturated carbocycles. The molecule has 2 aromatic rings. The first-order chi connectivity index (χ1) is 13.4. The minimum atomic E-state index is -4.36. The van der Waals surface area contributed by atoms with Gasteiger partial charge in [0.05, 0.1) is 0 Å². The van der Waals surface area contributed by atoms with Crippen LogP contribution in [0.15, 0.2) is 47.4 Å². The number of rotatable bonds is 12. The Balaban J connectivity index is 0.00000420. The second-order valence-electron chi connectivity index (χ2n) is 7.01. The third kappa shape index (κ3) is 9.09. The first kappa shape index (κ1) is 26.0. The summed E-state index contributed by atoms with van der Waals surface area (Å²) in [4.78, 5) is -0.133. The van der Waals surface area contributed by atoms with Crippen molar-refractivity contribution in [3.63, 3.8) is 0 Å². The van der Waals surface area contributed by atoms with Gasteiger partial charge in [0.1, 0.15) is 16.4 Å². The van der Waals surface area contributed by atoms with Crippen LogP contribution >= 0.6 is 0 Å². The van der Waals surface area contributed by atoms with Crippen molar-refractivity contribution in [2.45, 2.75) is 69.6 Å². The van der Waals surface area contributed by atoms with Gasteiger partial charge in [-0.15, -0.1) is 5.75 Å². The van der Waals surface area contributed by atoms with Gasteiger partial charge in [-0.3, -0.25) is 4.55 Å². The largest absolute Gasteiger partial charge is 1.00 e. The minimum absolute atomic E-state index is 0. The van der Waals surface area contributed by atoms with E-state index in [-0.39, 0.29) is 40.2 Å². The third-order valence-electron chi connectivity index (χ3n) is 4.68. The van der Waals surface area contributed by atoms with Crippen LogP contribution in [0.25, 0.3) is 0 Å². The fourth-order valence-corrected chi connectivity index (χ4v) is 3.99. The monoisotopic (exact) mass is 428 g/mol. The molecule has 1 N–H and O–H groups in total. The van der Waals surface area contributed by atoms with Crippen molar-refractivity contribution in [1.29, 1.82) is 0 Å². The quantitative estimate of drug-likeness (QED) is 0.319. The average molecular weight is 429 g/mol. The molecule has 0 atom stereocenters. The standard InChI is InChI=1S/C22H30O5S.Na/c1-2-3-4-5-6-7-8-9-14-20-21(15-11-16-22(20)28(24,25)26)27-19-13-10-12-18(23)17-19;/h10-13,15-17,23H,2-9,14H2,1H3,(H,24,25,26);/q;+1/p-1. The Bertz CT molecular complexity index is 852. The van der Waals surface area contributed by atoms with E-state index in [2.05, 4.69) is 6.92 Å². The summed E-state index contributed by atoms with van der Waals surface area (Å²) in [6, 6.07) is 10.6.